The van der Waals surface area contributed by atoms with Crippen molar-refractivity contribution >= 4 is 0 Å². The zero-order chi connectivity index (χ0) is 12.8. The third-order valence-electron chi connectivity index (χ3n) is 4.18. The zero-order valence-corrected chi connectivity index (χ0v) is 11.3. The van der Waals surface area contributed by atoms with E-state index in [0.717, 1.165) is 17.9 Å². The number of benzene rings is 1. The Morgan fingerprint density at radius 1 is 1.33 bits per heavy atom. The molecule has 1 atom stereocenters. The van der Waals surface area contributed by atoms with E-state index >= 15 is 0 Å². The molecule has 1 aliphatic rings. The average Bonchev–Trinajstić information content (AvgIpc) is 2.87. The molecule has 0 aliphatic heterocycles. The van der Waals surface area contributed by atoms with E-state index in [1.807, 2.05) is 13.1 Å². The molecule has 100 valence electrons. The molecule has 0 radical (unpaired) electrons. The first-order valence-electron chi connectivity index (χ1n) is 7.19. The number of hydrogen-bond acceptors (Lipinski definition) is 1. The number of likely N-dealkylation sites (N-methyl/N-ethyl adjacent to an activating group) is 1. The van der Waals surface area contributed by atoms with Crippen LogP contribution in [0.5, 0.6) is 0 Å². The summed E-state index contributed by atoms with van der Waals surface area (Å²) in [6, 6.07) is 7.46. The standard InChI is InChI=1S/C16H24FN/c1-18-16(10-9-13-5-2-3-6-13)12-14-7-4-8-15(17)11-14/h4,7-8,11,13,16,18H,2-3,5-6,9-10,12H2,1H3. The largest absolute Gasteiger partial charge is 0.317 e. The van der Waals surface area contributed by atoms with Crippen molar-refractivity contribution < 1.29 is 4.39 Å². The molecule has 1 aromatic carbocycles. The minimum absolute atomic E-state index is 0.127. The Bertz CT molecular complexity index is 358. The Morgan fingerprint density at radius 2 is 2.11 bits per heavy atom. The molecular weight excluding hydrogens is 225 g/mol. The molecule has 1 aliphatic carbocycles. The zero-order valence-electron chi connectivity index (χ0n) is 11.3. The molecule has 0 heterocycles. The van der Waals surface area contributed by atoms with Gasteiger partial charge in [-0.3, -0.25) is 0 Å². The monoisotopic (exact) mass is 249 g/mol. The molecular formula is C16H24FN. The molecule has 1 aromatic rings. The molecule has 1 saturated carbocycles. The highest BCUT2D eigenvalue weighted by Crippen LogP contribution is 2.29. The Balaban J connectivity index is 1.81. The van der Waals surface area contributed by atoms with Gasteiger partial charge in [-0.05, 0) is 49.9 Å². The summed E-state index contributed by atoms with van der Waals surface area (Å²) in [5.74, 6) is 0.812. The van der Waals surface area contributed by atoms with Gasteiger partial charge in [0.15, 0.2) is 0 Å². The van der Waals surface area contributed by atoms with Crippen LogP contribution in [0.4, 0.5) is 4.39 Å². The Labute approximate surface area is 110 Å². The van der Waals surface area contributed by atoms with Gasteiger partial charge in [-0.25, -0.2) is 4.39 Å². The van der Waals surface area contributed by atoms with Crippen molar-refractivity contribution in [2.24, 2.45) is 5.92 Å². The number of hydrogen-bond donors (Lipinski definition) is 1. The van der Waals surface area contributed by atoms with E-state index < -0.39 is 0 Å². The Morgan fingerprint density at radius 3 is 2.78 bits per heavy atom. The van der Waals surface area contributed by atoms with Crippen molar-refractivity contribution in [2.45, 2.75) is 51.0 Å². The van der Waals surface area contributed by atoms with Crippen molar-refractivity contribution in [1.82, 2.24) is 5.32 Å². The summed E-state index contributed by atoms with van der Waals surface area (Å²) in [6.45, 7) is 0. The van der Waals surface area contributed by atoms with Crippen molar-refractivity contribution in [3.63, 3.8) is 0 Å². The molecule has 0 aromatic heterocycles. The van der Waals surface area contributed by atoms with E-state index in [9.17, 15) is 4.39 Å². The summed E-state index contributed by atoms with van der Waals surface area (Å²) in [4.78, 5) is 0. The first kappa shape index (κ1) is 13.5. The fourth-order valence-corrected chi connectivity index (χ4v) is 3.03. The molecule has 2 heteroatoms. The third-order valence-corrected chi connectivity index (χ3v) is 4.18. The Kier molecular flexibility index (Phi) is 5.18. The SMILES string of the molecule is CNC(CCC1CCCC1)Cc1cccc(F)c1. The highest BCUT2D eigenvalue weighted by Gasteiger charge is 2.17. The number of nitrogens with one attached hydrogen (secondary N) is 1. The number of halogens is 1. The predicted octanol–water partition coefficient (Wildman–Crippen LogP) is 3.93. The van der Waals surface area contributed by atoms with Gasteiger partial charge in [0.05, 0.1) is 0 Å². The van der Waals surface area contributed by atoms with E-state index in [0.29, 0.717) is 6.04 Å². The normalized spacial score (nSPS) is 18.1. The van der Waals surface area contributed by atoms with Gasteiger partial charge in [0.1, 0.15) is 5.82 Å². The van der Waals surface area contributed by atoms with Gasteiger partial charge in [-0.2, -0.15) is 0 Å². The van der Waals surface area contributed by atoms with Crippen LogP contribution in [0.2, 0.25) is 0 Å². The number of rotatable bonds is 6. The average molecular weight is 249 g/mol. The summed E-state index contributed by atoms with van der Waals surface area (Å²) >= 11 is 0. The van der Waals surface area contributed by atoms with Gasteiger partial charge in [0.2, 0.25) is 0 Å². The van der Waals surface area contributed by atoms with Gasteiger partial charge >= 0.3 is 0 Å². The molecule has 1 N–H and O–H groups in total. The lowest BCUT2D eigenvalue weighted by Gasteiger charge is -2.18. The second-order valence-electron chi connectivity index (χ2n) is 5.55. The van der Waals surface area contributed by atoms with E-state index in [1.54, 1.807) is 12.1 Å². The molecule has 1 nitrogen and oxygen atoms in total. The Hall–Kier alpha value is -0.890. The molecule has 0 spiro atoms. The molecule has 1 unspecified atom stereocenters. The van der Waals surface area contributed by atoms with Crippen LogP contribution in [0.15, 0.2) is 24.3 Å². The maximum Gasteiger partial charge on any atom is 0.123 e. The van der Waals surface area contributed by atoms with Gasteiger partial charge in [0, 0.05) is 6.04 Å². The second kappa shape index (κ2) is 6.89. The highest BCUT2D eigenvalue weighted by molar-refractivity contribution is 5.17. The van der Waals surface area contributed by atoms with Crippen LogP contribution in [0.25, 0.3) is 0 Å². The van der Waals surface area contributed by atoms with Crippen LogP contribution in [0.3, 0.4) is 0 Å². The first-order chi connectivity index (χ1) is 8.78. The quantitative estimate of drug-likeness (QED) is 0.805. The molecule has 1 fully saturated rings. The van der Waals surface area contributed by atoms with Crippen molar-refractivity contribution in [2.75, 3.05) is 7.05 Å². The summed E-state index contributed by atoms with van der Waals surface area (Å²) in [5, 5.41) is 3.37. The summed E-state index contributed by atoms with van der Waals surface area (Å²) in [5.41, 5.74) is 1.10. The lowest BCUT2D eigenvalue weighted by molar-refractivity contribution is 0.418. The molecule has 0 amide bonds. The molecule has 18 heavy (non-hydrogen) atoms. The van der Waals surface area contributed by atoms with Crippen LogP contribution < -0.4 is 5.32 Å². The smallest absolute Gasteiger partial charge is 0.123 e. The van der Waals surface area contributed by atoms with Gasteiger partial charge < -0.3 is 5.32 Å². The van der Waals surface area contributed by atoms with Gasteiger partial charge in [-0.1, -0.05) is 37.8 Å². The molecule has 2 rings (SSSR count). The van der Waals surface area contributed by atoms with Gasteiger partial charge in [0.25, 0.3) is 0 Å². The van der Waals surface area contributed by atoms with Crippen molar-refractivity contribution in [1.29, 1.82) is 0 Å². The second-order valence-corrected chi connectivity index (χ2v) is 5.55. The summed E-state index contributed by atoms with van der Waals surface area (Å²) < 4.78 is 13.1. The minimum atomic E-state index is -0.127. The lowest BCUT2D eigenvalue weighted by Crippen LogP contribution is -2.28. The highest BCUT2D eigenvalue weighted by atomic mass is 19.1. The molecule has 0 saturated heterocycles. The van der Waals surface area contributed by atoms with E-state index in [1.165, 1.54) is 44.6 Å². The predicted molar refractivity (Wildman–Crippen MR) is 74.1 cm³/mol. The minimum Gasteiger partial charge on any atom is -0.317 e. The maximum atomic E-state index is 13.1. The van der Waals surface area contributed by atoms with E-state index in [2.05, 4.69) is 5.32 Å². The van der Waals surface area contributed by atoms with Crippen molar-refractivity contribution in [3.8, 4) is 0 Å². The van der Waals surface area contributed by atoms with Crippen LogP contribution in [0.1, 0.15) is 44.1 Å². The topological polar surface area (TPSA) is 12.0 Å². The summed E-state index contributed by atoms with van der Waals surface area (Å²) in [6.07, 6.45) is 9.11. The van der Waals surface area contributed by atoms with Crippen LogP contribution in [-0.2, 0) is 6.42 Å². The fraction of sp³-hybridized carbons (Fsp3) is 0.625. The summed E-state index contributed by atoms with van der Waals surface area (Å²) in [7, 11) is 2.01. The third kappa shape index (κ3) is 4.09. The van der Waals surface area contributed by atoms with Crippen LogP contribution in [0, 0.1) is 11.7 Å². The first-order valence-corrected chi connectivity index (χ1v) is 7.19. The van der Waals surface area contributed by atoms with E-state index in [4.69, 9.17) is 0 Å². The van der Waals surface area contributed by atoms with Crippen LogP contribution >= 0.6 is 0 Å². The fourth-order valence-electron chi connectivity index (χ4n) is 3.03. The van der Waals surface area contributed by atoms with E-state index in [-0.39, 0.29) is 5.82 Å². The van der Waals surface area contributed by atoms with Crippen LogP contribution in [-0.4, -0.2) is 13.1 Å². The molecule has 0 bridgehead atoms. The van der Waals surface area contributed by atoms with Gasteiger partial charge in [-0.15, -0.1) is 0 Å². The van der Waals surface area contributed by atoms with Crippen molar-refractivity contribution in [3.05, 3.63) is 35.6 Å². The lowest BCUT2D eigenvalue weighted by atomic mass is 9.95. The maximum absolute atomic E-state index is 13.1.